The van der Waals surface area contributed by atoms with Crippen LogP contribution >= 0.6 is 0 Å². The van der Waals surface area contributed by atoms with E-state index in [1.165, 1.54) is 0 Å². The number of aromatic nitrogens is 1. The van der Waals surface area contributed by atoms with Crippen molar-refractivity contribution in [1.82, 2.24) is 4.98 Å². The number of fused-ring (bicyclic) bond motifs is 1. The molecule has 0 aliphatic carbocycles. The fourth-order valence-corrected chi connectivity index (χ4v) is 1.58. The molecule has 0 saturated carbocycles. The molecule has 0 bridgehead atoms. The maximum atomic E-state index is 12.9. The number of hydrogen-bond donors (Lipinski definition) is 2. The maximum Gasteiger partial charge on any atom is 0.160 e. The highest BCUT2D eigenvalue weighted by atomic mass is 19.2. The monoisotopic (exact) mass is 197 g/mol. The Balaban J connectivity index is 2.82. The summed E-state index contributed by atoms with van der Waals surface area (Å²) in [5.41, 5.74) is 1.84. The Bertz CT molecular complexity index is 490. The molecule has 74 valence electrons. The molecule has 0 aliphatic heterocycles. The second kappa shape index (κ2) is 3.06. The van der Waals surface area contributed by atoms with E-state index in [9.17, 15) is 8.78 Å². The van der Waals surface area contributed by atoms with Crippen LogP contribution in [-0.2, 0) is 6.61 Å². The average Bonchev–Trinajstić information content (AvgIpc) is 2.42. The Hall–Kier alpha value is -1.42. The van der Waals surface area contributed by atoms with Gasteiger partial charge in [-0.1, -0.05) is 0 Å². The number of H-pyrrole nitrogens is 1. The van der Waals surface area contributed by atoms with Gasteiger partial charge in [-0.2, -0.15) is 0 Å². The number of benzene rings is 1. The first kappa shape index (κ1) is 9.15. The van der Waals surface area contributed by atoms with Gasteiger partial charge in [0.05, 0.1) is 6.61 Å². The molecule has 1 aromatic carbocycles. The van der Waals surface area contributed by atoms with E-state index in [1.54, 1.807) is 6.92 Å². The third-order valence-corrected chi connectivity index (χ3v) is 2.32. The van der Waals surface area contributed by atoms with Gasteiger partial charge in [0.25, 0.3) is 0 Å². The van der Waals surface area contributed by atoms with Gasteiger partial charge in [0, 0.05) is 28.2 Å². The summed E-state index contributed by atoms with van der Waals surface area (Å²) in [6, 6.07) is 2.19. The maximum absolute atomic E-state index is 12.9. The highest BCUT2D eigenvalue weighted by Gasteiger charge is 2.11. The van der Waals surface area contributed by atoms with Gasteiger partial charge in [0.15, 0.2) is 11.6 Å². The minimum absolute atomic E-state index is 0.184. The van der Waals surface area contributed by atoms with E-state index in [0.717, 1.165) is 17.8 Å². The molecule has 2 rings (SSSR count). The first-order valence-electron chi connectivity index (χ1n) is 4.20. The molecule has 0 unspecified atom stereocenters. The Kier molecular flexibility index (Phi) is 2.00. The van der Waals surface area contributed by atoms with Crippen LogP contribution in [0.1, 0.15) is 11.3 Å². The van der Waals surface area contributed by atoms with Crippen LogP contribution in [-0.4, -0.2) is 10.1 Å². The molecule has 4 heteroatoms. The topological polar surface area (TPSA) is 36.0 Å². The molecule has 1 heterocycles. The van der Waals surface area contributed by atoms with Crippen molar-refractivity contribution in [2.24, 2.45) is 0 Å². The summed E-state index contributed by atoms with van der Waals surface area (Å²) in [7, 11) is 0. The van der Waals surface area contributed by atoms with E-state index < -0.39 is 11.6 Å². The van der Waals surface area contributed by atoms with Crippen LogP contribution in [0.5, 0.6) is 0 Å². The van der Waals surface area contributed by atoms with E-state index in [0.29, 0.717) is 16.5 Å². The van der Waals surface area contributed by atoms with Crippen molar-refractivity contribution in [2.45, 2.75) is 13.5 Å². The number of hydrogen-bond acceptors (Lipinski definition) is 1. The van der Waals surface area contributed by atoms with Gasteiger partial charge in [0.1, 0.15) is 0 Å². The number of nitrogens with one attached hydrogen (secondary N) is 1. The fraction of sp³-hybridized carbons (Fsp3) is 0.200. The molecular weight excluding hydrogens is 188 g/mol. The third-order valence-electron chi connectivity index (χ3n) is 2.32. The molecule has 0 atom stereocenters. The molecule has 0 amide bonds. The van der Waals surface area contributed by atoms with Crippen molar-refractivity contribution in [2.75, 3.05) is 0 Å². The minimum Gasteiger partial charge on any atom is -0.392 e. The van der Waals surface area contributed by atoms with Crippen LogP contribution in [0.2, 0.25) is 0 Å². The van der Waals surface area contributed by atoms with E-state index >= 15 is 0 Å². The van der Waals surface area contributed by atoms with E-state index in [1.807, 2.05) is 0 Å². The number of aliphatic hydroxyl groups is 1. The summed E-state index contributed by atoms with van der Waals surface area (Å²) >= 11 is 0. The van der Waals surface area contributed by atoms with Crippen LogP contribution < -0.4 is 0 Å². The van der Waals surface area contributed by atoms with Crippen LogP contribution in [0.3, 0.4) is 0 Å². The first-order valence-corrected chi connectivity index (χ1v) is 4.20. The molecule has 0 aliphatic rings. The second-order valence-corrected chi connectivity index (χ2v) is 3.20. The van der Waals surface area contributed by atoms with Crippen molar-refractivity contribution in [1.29, 1.82) is 0 Å². The van der Waals surface area contributed by atoms with E-state index in [4.69, 9.17) is 5.11 Å². The summed E-state index contributed by atoms with van der Waals surface area (Å²) in [4.78, 5) is 2.88. The summed E-state index contributed by atoms with van der Waals surface area (Å²) in [5, 5.41) is 9.56. The number of aliphatic hydroxyl groups excluding tert-OH is 1. The Labute approximate surface area is 79.2 Å². The van der Waals surface area contributed by atoms with E-state index in [-0.39, 0.29) is 6.61 Å². The predicted octanol–water partition coefficient (Wildman–Crippen LogP) is 2.25. The van der Waals surface area contributed by atoms with Crippen LogP contribution in [0.4, 0.5) is 8.78 Å². The number of aromatic amines is 1. The molecule has 2 N–H and O–H groups in total. The lowest BCUT2D eigenvalue weighted by atomic mass is 10.1. The number of rotatable bonds is 1. The highest BCUT2D eigenvalue weighted by molar-refractivity contribution is 5.84. The SMILES string of the molecule is Cc1[nH]c2cc(F)c(F)cc2c1CO. The molecule has 1 aromatic heterocycles. The van der Waals surface area contributed by atoms with Gasteiger partial charge in [-0.25, -0.2) is 8.78 Å². The lowest BCUT2D eigenvalue weighted by Crippen LogP contribution is -1.86. The van der Waals surface area contributed by atoms with Crippen molar-refractivity contribution in [3.05, 3.63) is 35.0 Å². The molecule has 0 spiro atoms. The Morgan fingerprint density at radius 1 is 1.29 bits per heavy atom. The predicted molar refractivity (Wildman–Crippen MR) is 48.9 cm³/mol. The van der Waals surface area contributed by atoms with Gasteiger partial charge in [-0.15, -0.1) is 0 Å². The lowest BCUT2D eigenvalue weighted by molar-refractivity contribution is 0.282. The van der Waals surface area contributed by atoms with Gasteiger partial charge in [-0.05, 0) is 13.0 Å². The zero-order valence-electron chi connectivity index (χ0n) is 7.56. The van der Waals surface area contributed by atoms with Crippen molar-refractivity contribution >= 4 is 10.9 Å². The van der Waals surface area contributed by atoms with Crippen molar-refractivity contribution in [3.8, 4) is 0 Å². The largest absolute Gasteiger partial charge is 0.392 e. The second-order valence-electron chi connectivity index (χ2n) is 3.20. The molecule has 2 aromatic rings. The molecule has 0 saturated heterocycles. The quantitative estimate of drug-likeness (QED) is 0.722. The molecule has 0 fully saturated rings. The highest BCUT2D eigenvalue weighted by Crippen LogP contribution is 2.24. The zero-order valence-corrected chi connectivity index (χ0v) is 7.56. The summed E-state index contributed by atoms with van der Waals surface area (Å²) in [5.74, 6) is -1.78. The Morgan fingerprint density at radius 2 is 1.93 bits per heavy atom. The van der Waals surface area contributed by atoms with Crippen molar-refractivity contribution in [3.63, 3.8) is 0 Å². The lowest BCUT2D eigenvalue weighted by Gasteiger charge is -1.96. The van der Waals surface area contributed by atoms with Crippen molar-refractivity contribution < 1.29 is 13.9 Å². The third kappa shape index (κ3) is 1.19. The van der Waals surface area contributed by atoms with Crippen LogP contribution in [0.15, 0.2) is 12.1 Å². The molecular formula is C10H9F2NO. The van der Waals surface area contributed by atoms with Gasteiger partial charge < -0.3 is 10.1 Å². The molecule has 14 heavy (non-hydrogen) atoms. The van der Waals surface area contributed by atoms with Crippen LogP contribution in [0, 0.1) is 18.6 Å². The zero-order chi connectivity index (χ0) is 10.3. The normalized spacial score (nSPS) is 11.1. The fourth-order valence-electron chi connectivity index (χ4n) is 1.58. The van der Waals surface area contributed by atoms with E-state index in [2.05, 4.69) is 4.98 Å². The summed E-state index contributed by atoms with van der Waals surface area (Å²) < 4.78 is 25.7. The number of halogens is 2. The Morgan fingerprint density at radius 3 is 2.57 bits per heavy atom. The smallest absolute Gasteiger partial charge is 0.160 e. The average molecular weight is 197 g/mol. The number of aryl methyl sites for hydroxylation is 1. The summed E-state index contributed by atoms with van der Waals surface area (Å²) in [6.45, 7) is 1.57. The van der Waals surface area contributed by atoms with Gasteiger partial charge >= 0.3 is 0 Å². The first-order chi connectivity index (χ1) is 6.63. The van der Waals surface area contributed by atoms with Gasteiger partial charge in [-0.3, -0.25) is 0 Å². The standard InChI is InChI=1S/C10H9F2NO/c1-5-7(4-14)6-2-8(11)9(12)3-10(6)13-5/h2-3,13-14H,4H2,1H3. The minimum atomic E-state index is -0.897. The van der Waals surface area contributed by atoms with Crippen LogP contribution in [0.25, 0.3) is 10.9 Å². The molecule has 0 radical (unpaired) electrons. The molecule has 2 nitrogen and oxygen atoms in total. The van der Waals surface area contributed by atoms with Gasteiger partial charge in [0.2, 0.25) is 0 Å². The summed E-state index contributed by atoms with van der Waals surface area (Å²) in [6.07, 6.45) is 0.